The van der Waals surface area contributed by atoms with Crippen LogP contribution in [0.15, 0.2) is 34.7 Å². The van der Waals surface area contributed by atoms with E-state index in [-0.39, 0.29) is 5.03 Å². The molecule has 0 aromatic carbocycles. The van der Waals surface area contributed by atoms with Crippen molar-refractivity contribution in [3.8, 4) is 0 Å². The van der Waals surface area contributed by atoms with Gasteiger partial charge in [-0.15, -0.1) is 21.5 Å². The van der Waals surface area contributed by atoms with E-state index in [0.717, 1.165) is 0 Å². The molecule has 0 saturated heterocycles. The smallest absolute Gasteiger partial charge is 0.202 e. The van der Waals surface area contributed by atoms with Crippen molar-refractivity contribution < 1.29 is 8.42 Å². The number of anilines is 1. The highest BCUT2D eigenvalue weighted by Gasteiger charge is 2.32. The van der Waals surface area contributed by atoms with E-state index in [1.165, 1.54) is 10.9 Å². The molecule has 0 bridgehead atoms. The Hall–Kier alpha value is -1.47. The number of nitrogens with one attached hydrogen (secondary N) is 1. The van der Waals surface area contributed by atoms with Gasteiger partial charge in [0.15, 0.2) is 5.03 Å². The quantitative estimate of drug-likeness (QED) is 0.940. The molecule has 2 aromatic rings. The SMILES string of the molecule is CC(C)(C)S(=O)(=O)c1ccc(NCc2cccs2)nn1. The summed E-state index contributed by atoms with van der Waals surface area (Å²) in [6.07, 6.45) is 0. The van der Waals surface area contributed by atoms with E-state index in [4.69, 9.17) is 0 Å². The molecule has 0 aliphatic rings. The number of aromatic nitrogens is 2. The Labute approximate surface area is 123 Å². The van der Waals surface area contributed by atoms with Crippen LogP contribution >= 0.6 is 11.3 Å². The first-order chi connectivity index (χ1) is 9.30. The fourth-order valence-electron chi connectivity index (χ4n) is 1.46. The minimum Gasteiger partial charge on any atom is -0.364 e. The second kappa shape index (κ2) is 5.49. The molecular weight excluding hydrogens is 294 g/mol. The molecule has 7 heteroatoms. The molecule has 5 nitrogen and oxygen atoms in total. The molecule has 0 amide bonds. The van der Waals surface area contributed by atoms with Gasteiger partial charge in [-0.2, -0.15) is 0 Å². The van der Waals surface area contributed by atoms with Crippen LogP contribution in [0, 0.1) is 0 Å². The number of hydrogen-bond acceptors (Lipinski definition) is 6. The third kappa shape index (κ3) is 3.16. The molecular formula is C13H17N3O2S2. The summed E-state index contributed by atoms with van der Waals surface area (Å²) < 4.78 is 23.5. The van der Waals surface area contributed by atoms with Gasteiger partial charge < -0.3 is 5.32 Å². The maximum Gasteiger partial charge on any atom is 0.202 e. The number of nitrogens with zero attached hydrogens (tertiary/aromatic N) is 2. The lowest BCUT2D eigenvalue weighted by atomic mass is 10.3. The average Bonchev–Trinajstić information content (AvgIpc) is 2.88. The molecule has 0 aliphatic heterocycles. The molecule has 0 radical (unpaired) electrons. The molecule has 0 saturated carbocycles. The van der Waals surface area contributed by atoms with Gasteiger partial charge in [-0.3, -0.25) is 0 Å². The van der Waals surface area contributed by atoms with Gasteiger partial charge in [0.1, 0.15) is 5.82 Å². The normalized spacial score (nSPS) is 12.3. The Morgan fingerprint density at radius 2 is 1.95 bits per heavy atom. The van der Waals surface area contributed by atoms with E-state index >= 15 is 0 Å². The van der Waals surface area contributed by atoms with Gasteiger partial charge in [-0.25, -0.2) is 8.42 Å². The van der Waals surface area contributed by atoms with Crippen LogP contribution in [0.25, 0.3) is 0 Å². The van der Waals surface area contributed by atoms with Crippen molar-refractivity contribution in [3.63, 3.8) is 0 Å². The van der Waals surface area contributed by atoms with Crippen LogP contribution in [0.1, 0.15) is 25.6 Å². The Kier molecular flexibility index (Phi) is 4.10. The van der Waals surface area contributed by atoms with E-state index in [1.807, 2.05) is 17.5 Å². The molecule has 20 heavy (non-hydrogen) atoms. The van der Waals surface area contributed by atoms with Crippen LogP contribution < -0.4 is 5.32 Å². The van der Waals surface area contributed by atoms with Gasteiger partial charge in [0.25, 0.3) is 0 Å². The third-order valence-electron chi connectivity index (χ3n) is 2.75. The lowest BCUT2D eigenvalue weighted by Crippen LogP contribution is -2.28. The zero-order valence-electron chi connectivity index (χ0n) is 11.6. The second-order valence-electron chi connectivity index (χ2n) is 5.31. The fourth-order valence-corrected chi connectivity index (χ4v) is 3.13. The first-order valence-corrected chi connectivity index (χ1v) is 8.51. The number of sulfone groups is 1. The highest BCUT2D eigenvalue weighted by Crippen LogP contribution is 2.23. The first kappa shape index (κ1) is 14.9. The zero-order valence-corrected chi connectivity index (χ0v) is 13.3. The van der Waals surface area contributed by atoms with E-state index < -0.39 is 14.6 Å². The second-order valence-corrected chi connectivity index (χ2v) is 8.99. The molecule has 0 atom stereocenters. The maximum atomic E-state index is 12.2. The minimum absolute atomic E-state index is 0.00618. The largest absolute Gasteiger partial charge is 0.364 e. The van der Waals surface area contributed by atoms with Crippen molar-refractivity contribution in [3.05, 3.63) is 34.5 Å². The van der Waals surface area contributed by atoms with E-state index in [2.05, 4.69) is 15.5 Å². The molecule has 0 unspecified atom stereocenters. The average molecular weight is 311 g/mol. The minimum atomic E-state index is -3.45. The molecule has 2 aromatic heterocycles. The summed E-state index contributed by atoms with van der Waals surface area (Å²) in [5.41, 5.74) is 0. The summed E-state index contributed by atoms with van der Waals surface area (Å²) in [6, 6.07) is 7.12. The van der Waals surface area contributed by atoms with Gasteiger partial charge in [-0.1, -0.05) is 6.07 Å². The van der Waals surface area contributed by atoms with Gasteiger partial charge in [0, 0.05) is 4.88 Å². The standard InChI is InChI=1S/C13H17N3O2S2/c1-13(2,3)20(17,18)12-7-6-11(15-16-12)14-9-10-5-4-8-19-10/h4-8H,9H2,1-3H3,(H,14,15). The van der Waals surface area contributed by atoms with Crippen molar-refractivity contribution in [2.75, 3.05) is 5.32 Å². The van der Waals surface area contributed by atoms with Gasteiger partial charge in [-0.05, 0) is 44.4 Å². The Morgan fingerprint density at radius 3 is 2.45 bits per heavy atom. The van der Waals surface area contributed by atoms with Crippen molar-refractivity contribution >= 4 is 27.0 Å². The number of thiophene rings is 1. The van der Waals surface area contributed by atoms with Crippen molar-refractivity contribution in [2.45, 2.75) is 37.1 Å². The highest BCUT2D eigenvalue weighted by molar-refractivity contribution is 7.92. The predicted molar refractivity (Wildman–Crippen MR) is 80.6 cm³/mol. The highest BCUT2D eigenvalue weighted by atomic mass is 32.2. The lowest BCUT2D eigenvalue weighted by Gasteiger charge is -2.17. The first-order valence-electron chi connectivity index (χ1n) is 6.15. The Bertz CT molecular complexity index is 657. The Balaban J connectivity index is 2.11. The van der Waals surface area contributed by atoms with E-state index in [1.54, 1.807) is 38.2 Å². The zero-order chi connectivity index (χ0) is 14.8. The molecule has 0 spiro atoms. The summed E-state index contributed by atoms with van der Waals surface area (Å²) in [5.74, 6) is 0.561. The van der Waals surface area contributed by atoms with Crippen molar-refractivity contribution in [1.82, 2.24) is 10.2 Å². The fraction of sp³-hybridized carbons (Fsp3) is 0.385. The molecule has 0 aliphatic carbocycles. The Morgan fingerprint density at radius 1 is 1.20 bits per heavy atom. The molecule has 108 valence electrons. The summed E-state index contributed by atoms with van der Waals surface area (Å²) in [6.45, 7) is 5.59. The molecule has 2 rings (SSSR count). The van der Waals surface area contributed by atoms with E-state index in [0.29, 0.717) is 12.4 Å². The van der Waals surface area contributed by atoms with Crippen molar-refractivity contribution in [2.24, 2.45) is 0 Å². The monoisotopic (exact) mass is 311 g/mol. The number of hydrogen-bond donors (Lipinski definition) is 1. The van der Waals surface area contributed by atoms with E-state index in [9.17, 15) is 8.42 Å². The molecule has 1 N–H and O–H groups in total. The lowest BCUT2D eigenvalue weighted by molar-refractivity contribution is 0.554. The molecule has 2 heterocycles. The van der Waals surface area contributed by atoms with Crippen LogP contribution in [-0.2, 0) is 16.4 Å². The van der Waals surface area contributed by atoms with Crippen LogP contribution in [0.3, 0.4) is 0 Å². The third-order valence-corrected chi connectivity index (χ3v) is 6.00. The predicted octanol–water partition coefficient (Wildman–Crippen LogP) is 2.72. The van der Waals surface area contributed by atoms with Crippen LogP contribution in [0.2, 0.25) is 0 Å². The van der Waals surface area contributed by atoms with Gasteiger partial charge in [0.05, 0.1) is 11.3 Å². The van der Waals surface area contributed by atoms with Crippen LogP contribution in [0.5, 0.6) is 0 Å². The molecule has 0 fully saturated rings. The summed E-state index contributed by atoms with van der Waals surface area (Å²) in [5, 5.41) is 12.9. The summed E-state index contributed by atoms with van der Waals surface area (Å²) in [4.78, 5) is 1.18. The summed E-state index contributed by atoms with van der Waals surface area (Å²) >= 11 is 1.65. The topological polar surface area (TPSA) is 72.0 Å². The van der Waals surface area contributed by atoms with Crippen LogP contribution in [0.4, 0.5) is 5.82 Å². The number of rotatable bonds is 4. The van der Waals surface area contributed by atoms with Crippen molar-refractivity contribution in [1.29, 1.82) is 0 Å². The van der Waals surface area contributed by atoms with Gasteiger partial charge >= 0.3 is 0 Å². The maximum absolute atomic E-state index is 12.2. The summed E-state index contributed by atoms with van der Waals surface area (Å²) in [7, 11) is -3.45. The van der Waals surface area contributed by atoms with Gasteiger partial charge in [0.2, 0.25) is 9.84 Å². The van der Waals surface area contributed by atoms with Crippen LogP contribution in [-0.4, -0.2) is 23.4 Å².